The van der Waals surface area contributed by atoms with Crippen LogP contribution in [0.3, 0.4) is 0 Å². The van der Waals surface area contributed by atoms with Gasteiger partial charge in [0.15, 0.2) is 0 Å². The van der Waals surface area contributed by atoms with E-state index in [0.29, 0.717) is 11.5 Å². The van der Waals surface area contributed by atoms with Crippen LogP contribution in [0.5, 0.6) is 0 Å². The number of ether oxygens (including phenoxy) is 2. The minimum Gasteiger partial charge on any atom is -0.455 e. The molecule has 1 unspecified atom stereocenters. The molecule has 0 aromatic heterocycles. The van der Waals surface area contributed by atoms with Crippen LogP contribution in [0, 0.1) is 11.8 Å². The van der Waals surface area contributed by atoms with Gasteiger partial charge in [0, 0.05) is 11.5 Å². The Labute approximate surface area is 108 Å². The maximum atomic E-state index is 11.7. The fraction of sp³-hybridized carbons (Fsp3) is 0.667. The molecule has 0 spiro atoms. The molecule has 5 atom stereocenters. The molecule has 0 aromatic rings. The summed E-state index contributed by atoms with van der Waals surface area (Å²) in [5.41, 5.74) is 2.03. The van der Waals surface area contributed by atoms with Crippen LogP contribution in [0.4, 0.5) is 0 Å². The van der Waals surface area contributed by atoms with Gasteiger partial charge >= 0.3 is 5.97 Å². The van der Waals surface area contributed by atoms with Gasteiger partial charge in [-0.3, -0.25) is 0 Å². The summed E-state index contributed by atoms with van der Waals surface area (Å²) in [5, 5.41) is 0. The van der Waals surface area contributed by atoms with Crippen molar-refractivity contribution in [2.75, 3.05) is 0 Å². The van der Waals surface area contributed by atoms with Crippen LogP contribution in [0.2, 0.25) is 0 Å². The zero-order valence-corrected chi connectivity index (χ0v) is 11.0. The molecule has 1 aliphatic carbocycles. The minimum absolute atomic E-state index is 0.0941. The van der Waals surface area contributed by atoms with Gasteiger partial charge in [-0.15, -0.1) is 0 Å². The molecule has 98 valence electrons. The lowest BCUT2D eigenvalue weighted by atomic mass is 9.85. The maximum absolute atomic E-state index is 11.7. The number of carbonyl (C=O) groups excluding carboxylic acids is 1. The van der Waals surface area contributed by atoms with E-state index in [-0.39, 0.29) is 30.2 Å². The lowest BCUT2D eigenvalue weighted by Crippen LogP contribution is -2.26. The molecule has 2 saturated heterocycles. The topological polar surface area (TPSA) is 38.8 Å². The Balaban J connectivity index is 1.85. The van der Waals surface area contributed by atoms with E-state index in [1.165, 1.54) is 5.57 Å². The summed E-state index contributed by atoms with van der Waals surface area (Å²) in [6, 6.07) is 0. The van der Waals surface area contributed by atoms with E-state index in [1.54, 1.807) is 0 Å². The van der Waals surface area contributed by atoms with Crippen LogP contribution in [-0.4, -0.2) is 24.3 Å². The first-order chi connectivity index (χ1) is 8.58. The smallest absolute Gasteiger partial charge is 0.334 e. The van der Waals surface area contributed by atoms with E-state index in [0.717, 1.165) is 19.3 Å². The van der Waals surface area contributed by atoms with E-state index in [1.807, 2.05) is 0 Å². The van der Waals surface area contributed by atoms with Crippen molar-refractivity contribution >= 4 is 5.97 Å². The van der Waals surface area contributed by atoms with Crippen molar-refractivity contribution in [1.29, 1.82) is 0 Å². The van der Waals surface area contributed by atoms with Gasteiger partial charge in [0.1, 0.15) is 12.2 Å². The highest BCUT2D eigenvalue weighted by atomic mass is 16.6. The molecule has 3 nitrogen and oxygen atoms in total. The normalized spacial score (nSPS) is 43.7. The summed E-state index contributed by atoms with van der Waals surface area (Å²) in [6.45, 7) is 8.26. The Kier molecular flexibility index (Phi) is 2.81. The number of allylic oxidation sites excluding steroid dienone is 2. The summed E-state index contributed by atoms with van der Waals surface area (Å²) in [6.07, 6.45) is 5.57. The van der Waals surface area contributed by atoms with Gasteiger partial charge in [0.2, 0.25) is 0 Å². The summed E-state index contributed by atoms with van der Waals surface area (Å²) < 4.78 is 11.2. The Morgan fingerprint density at radius 1 is 1.33 bits per heavy atom. The number of hydrogen-bond donors (Lipinski definition) is 0. The molecule has 0 radical (unpaired) electrons. The van der Waals surface area contributed by atoms with Gasteiger partial charge in [-0.25, -0.2) is 4.79 Å². The zero-order valence-electron chi connectivity index (χ0n) is 11.0. The second-order valence-electron chi connectivity index (χ2n) is 5.87. The Morgan fingerprint density at radius 2 is 2.11 bits per heavy atom. The molecule has 2 fully saturated rings. The standard InChI is InChI=1S/C15H20O3/c1-8-4-6-9(2)12-14(17-12)13-11(7-5-8)10(3)15(16)18-13/h4,9,11-14H,3,5-7H2,1-2H3/t9-,11-,12?,13-,14+/m0/s1. The van der Waals surface area contributed by atoms with E-state index < -0.39 is 0 Å². The van der Waals surface area contributed by atoms with Crippen molar-refractivity contribution in [3.8, 4) is 0 Å². The molecule has 0 aromatic carbocycles. The van der Waals surface area contributed by atoms with Gasteiger partial charge in [-0.05, 0) is 32.1 Å². The molecule has 3 aliphatic rings. The SMILES string of the molecule is C=C1C(=O)O[C@@H]2[C@@H]3OC3[C@@H](C)CC=C(C)CC[C@@H]12. The third-order valence-electron chi connectivity index (χ3n) is 4.48. The highest BCUT2D eigenvalue weighted by molar-refractivity contribution is 5.90. The zero-order chi connectivity index (χ0) is 12.9. The van der Waals surface area contributed by atoms with Gasteiger partial charge in [0.25, 0.3) is 0 Å². The van der Waals surface area contributed by atoms with Crippen molar-refractivity contribution in [3.63, 3.8) is 0 Å². The monoisotopic (exact) mass is 248 g/mol. The van der Waals surface area contributed by atoms with E-state index in [2.05, 4.69) is 26.5 Å². The van der Waals surface area contributed by atoms with E-state index >= 15 is 0 Å². The van der Waals surface area contributed by atoms with Gasteiger partial charge in [-0.1, -0.05) is 25.2 Å². The first kappa shape index (κ1) is 12.0. The second kappa shape index (κ2) is 4.23. The van der Waals surface area contributed by atoms with Gasteiger partial charge < -0.3 is 9.47 Å². The predicted octanol–water partition coefficient (Wildman–Crippen LogP) is 2.62. The number of hydrogen-bond acceptors (Lipinski definition) is 3. The van der Waals surface area contributed by atoms with Crippen LogP contribution in [0.25, 0.3) is 0 Å². The van der Waals surface area contributed by atoms with E-state index in [9.17, 15) is 4.79 Å². The first-order valence-corrected chi connectivity index (χ1v) is 6.79. The first-order valence-electron chi connectivity index (χ1n) is 6.79. The highest BCUT2D eigenvalue weighted by Crippen LogP contribution is 2.44. The Bertz CT molecular complexity index is 423. The largest absolute Gasteiger partial charge is 0.455 e. The summed E-state index contributed by atoms with van der Waals surface area (Å²) in [7, 11) is 0. The lowest BCUT2D eigenvalue weighted by molar-refractivity contribution is -0.140. The van der Waals surface area contributed by atoms with Crippen molar-refractivity contribution in [2.24, 2.45) is 11.8 Å². The maximum Gasteiger partial charge on any atom is 0.334 e. The van der Waals surface area contributed by atoms with Crippen LogP contribution >= 0.6 is 0 Å². The summed E-state index contributed by atoms with van der Waals surface area (Å²) >= 11 is 0. The molecular formula is C15H20O3. The molecule has 0 N–H and O–H groups in total. The van der Waals surface area contributed by atoms with Crippen LogP contribution < -0.4 is 0 Å². The lowest BCUT2D eigenvalue weighted by Gasteiger charge is -2.18. The third-order valence-corrected chi connectivity index (χ3v) is 4.48. The number of esters is 1. The predicted molar refractivity (Wildman–Crippen MR) is 67.9 cm³/mol. The quantitative estimate of drug-likeness (QED) is 0.286. The summed E-state index contributed by atoms with van der Waals surface area (Å²) in [5.74, 6) is 0.408. The molecule has 3 rings (SSSR count). The average molecular weight is 248 g/mol. The highest BCUT2D eigenvalue weighted by Gasteiger charge is 2.55. The van der Waals surface area contributed by atoms with Crippen LogP contribution in [-0.2, 0) is 14.3 Å². The number of fused-ring (bicyclic) bond motifs is 3. The van der Waals surface area contributed by atoms with E-state index in [4.69, 9.17) is 9.47 Å². The van der Waals surface area contributed by atoms with Crippen molar-refractivity contribution in [3.05, 3.63) is 23.8 Å². The molecule has 0 amide bonds. The third kappa shape index (κ3) is 1.91. The fourth-order valence-electron chi connectivity index (χ4n) is 3.13. The number of epoxide rings is 1. The van der Waals surface area contributed by atoms with Crippen LogP contribution in [0.15, 0.2) is 23.8 Å². The molecule has 0 bridgehead atoms. The van der Waals surface area contributed by atoms with Gasteiger partial charge in [0.05, 0.1) is 6.10 Å². The Hall–Kier alpha value is -1.09. The van der Waals surface area contributed by atoms with Gasteiger partial charge in [-0.2, -0.15) is 0 Å². The molecule has 0 saturated carbocycles. The second-order valence-corrected chi connectivity index (χ2v) is 5.87. The molecule has 2 heterocycles. The number of rotatable bonds is 0. The average Bonchev–Trinajstić information content (AvgIpc) is 3.08. The van der Waals surface area contributed by atoms with Crippen molar-refractivity contribution in [1.82, 2.24) is 0 Å². The number of carbonyl (C=O) groups is 1. The molecular weight excluding hydrogens is 228 g/mol. The molecule has 18 heavy (non-hydrogen) atoms. The fourth-order valence-corrected chi connectivity index (χ4v) is 3.13. The summed E-state index contributed by atoms with van der Waals surface area (Å²) in [4.78, 5) is 11.7. The van der Waals surface area contributed by atoms with Crippen molar-refractivity contribution < 1.29 is 14.3 Å². The molecule has 2 aliphatic heterocycles. The van der Waals surface area contributed by atoms with Crippen LogP contribution in [0.1, 0.15) is 33.1 Å². The molecule has 3 heteroatoms. The van der Waals surface area contributed by atoms with Crippen molar-refractivity contribution in [2.45, 2.75) is 51.4 Å². The Morgan fingerprint density at radius 3 is 2.89 bits per heavy atom. The minimum atomic E-state index is -0.229.